The van der Waals surface area contributed by atoms with Gasteiger partial charge in [0.1, 0.15) is 11.3 Å². The Morgan fingerprint density at radius 3 is 2.88 bits per heavy atom. The minimum atomic E-state index is -0.197. The first-order valence-corrected chi connectivity index (χ1v) is 8.23. The van der Waals surface area contributed by atoms with Gasteiger partial charge < -0.3 is 14.7 Å². The van der Waals surface area contributed by atoms with Gasteiger partial charge in [0.2, 0.25) is 5.91 Å². The van der Waals surface area contributed by atoms with Crippen LogP contribution in [0.25, 0.3) is 22.0 Å². The molecule has 4 rings (SSSR count). The monoisotopic (exact) mass is 348 g/mol. The summed E-state index contributed by atoms with van der Waals surface area (Å²) in [5.41, 5.74) is 2.44. The first-order chi connectivity index (χ1) is 12.6. The topological polar surface area (TPSA) is 101 Å². The third-order valence-electron chi connectivity index (χ3n) is 4.03. The quantitative estimate of drug-likeness (QED) is 0.590. The molecule has 0 fully saturated rings. The maximum Gasteiger partial charge on any atom is 0.258 e. The summed E-state index contributed by atoms with van der Waals surface area (Å²) in [5, 5.41) is 3.36. The Morgan fingerprint density at radius 2 is 2.00 bits per heavy atom. The molecule has 0 aliphatic heterocycles. The number of oxazole rings is 1. The van der Waals surface area contributed by atoms with E-state index in [0.29, 0.717) is 40.3 Å². The molecule has 0 unspecified atom stereocenters. The van der Waals surface area contributed by atoms with Crippen molar-refractivity contribution in [3.63, 3.8) is 0 Å². The van der Waals surface area contributed by atoms with E-state index >= 15 is 0 Å². The lowest BCUT2D eigenvalue weighted by Gasteiger charge is -2.05. The fourth-order valence-electron chi connectivity index (χ4n) is 2.83. The molecule has 1 amide bonds. The number of hydrogen-bond acceptors (Lipinski definition) is 5. The summed E-state index contributed by atoms with van der Waals surface area (Å²) < 4.78 is 5.46. The minimum absolute atomic E-state index is 0.170. The summed E-state index contributed by atoms with van der Waals surface area (Å²) in [4.78, 5) is 35.6. The molecule has 4 aromatic rings. The zero-order valence-corrected chi connectivity index (χ0v) is 14.1. The molecule has 0 bridgehead atoms. The molecule has 0 atom stereocenters. The molecule has 26 heavy (non-hydrogen) atoms. The number of fused-ring (bicyclic) bond motifs is 2. The molecule has 2 N–H and O–H groups in total. The van der Waals surface area contributed by atoms with Gasteiger partial charge >= 0.3 is 0 Å². The normalized spacial score (nSPS) is 11.1. The van der Waals surface area contributed by atoms with E-state index in [4.69, 9.17) is 4.42 Å². The molecule has 0 aliphatic carbocycles. The van der Waals surface area contributed by atoms with E-state index in [1.165, 1.54) is 0 Å². The van der Waals surface area contributed by atoms with E-state index < -0.39 is 0 Å². The van der Waals surface area contributed by atoms with Crippen molar-refractivity contribution in [2.75, 3.05) is 5.32 Å². The van der Waals surface area contributed by atoms with Gasteiger partial charge in [-0.2, -0.15) is 0 Å². The van der Waals surface area contributed by atoms with Gasteiger partial charge in [-0.25, -0.2) is 9.97 Å². The third-order valence-corrected chi connectivity index (χ3v) is 4.03. The number of nitrogens with zero attached hydrogens (tertiary/aromatic N) is 2. The third kappa shape index (κ3) is 3.19. The molecule has 0 radical (unpaired) electrons. The average Bonchev–Trinajstić information content (AvgIpc) is 2.99. The van der Waals surface area contributed by atoms with Gasteiger partial charge in [-0.1, -0.05) is 12.1 Å². The predicted octanol–water partition coefficient (Wildman–Crippen LogP) is 2.94. The first kappa shape index (κ1) is 16.0. The summed E-state index contributed by atoms with van der Waals surface area (Å²) in [6, 6.07) is 12.4. The van der Waals surface area contributed by atoms with Crippen LogP contribution in [-0.2, 0) is 11.2 Å². The molecule has 7 heteroatoms. The predicted molar refractivity (Wildman–Crippen MR) is 98.1 cm³/mol. The van der Waals surface area contributed by atoms with Gasteiger partial charge in [-0.15, -0.1) is 0 Å². The number of hydrogen-bond donors (Lipinski definition) is 2. The van der Waals surface area contributed by atoms with Crippen LogP contribution in [0.4, 0.5) is 5.69 Å². The van der Waals surface area contributed by atoms with Gasteiger partial charge in [0.15, 0.2) is 11.5 Å². The first-order valence-electron chi connectivity index (χ1n) is 8.23. The highest BCUT2D eigenvalue weighted by atomic mass is 16.3. The molecule has 2 heterocycles. The number of aromatic amines is 1. The van der Waals surface area contributed by atoms with Crippen LogP contribution in [0.5, 0.6) is 0 Å². The molecule has 0 saturated carbocycles. The van der Waals surface area contributed by atoms with Crippen LogP contribution in [0.2, 0.25) is 0 Å². The van der Waals surface area contributed by atoms with Crippen molar-refractivity contribution >= 4 is 33.6 Å². The summed E-state index contributed by atoms with van der Waals surface area (Å²) in [6.45, 7) is 1.77. The number of para-hydroxylation sites is 1. The summed E-state index contributed by atoms with van der Waals surface area (Å²) in [5.74, 6) is 0.899. The molecule has 0 aliphatic rings. The molecule has 130 valence electrons. The van der Waals surface area contributed by atoms with E-state index in [2.05, 4.69) is 20.3 Å². The Hall–Kier alpha value is -3.48. The second kappa shape index (κ2) is 6.44. The lowest BCUT2D eigenvalue weighted by molar-refractivity contribution is -0.116. The van der Waals surface area contributed by atoms with E-state index in [1.54, 1.807) is 43.3 Å². The highest BCUT2D eigenvalue weighted by molar-refractivity contribution is 5.92. The Kier molecular flexibility index (Phi) is 3.96. The molecule has 0 spiro atoms. The van der Waals surface area contributed by atoms with Crippen LogP contribution in [0.3, 0.4) is 0 Å². The molecule has 0 saturated heterocycles. The van der Waals surface area contributed by atoms with Crippen LogP contribution >= 0.6 is 0 Å². The van der Waals surface area contributed by atoms with Crippen LogP contribution in [0, 0.1) is 6.92 Å². The Bertz CT molecular complexity index is 1180. The lowest BCUT2D eigenvalue weighted by Crippen LogP contribution is -2.16. The van der Waals surface area contributed by atoms with Gasteiger partial charge in [-0.3, -0.25) is 9.59 Å². The lowest BCUT2D eigenvalue weighted by atomic mass is 10.2. The van der Waals surface area contributed by atoms with Crippen molar-refractivity contribution < 1.29 is 9.21 Å². The number of carbonyl (C=O) groups is 1. The van der Waals surface area contributed by atoms with Gasteiger partial charge in [-0.05, 0) is 24.3 Å². The molecule has 2 aromatic carbocycles. The standard InChI is InChI=1S/C19H16N4O3/c1-11-20-15-7-6-12(10-16(15)26-11)21-18(24)9-8-17-22-14-5-3-2-4-13(14)19(25)23-17/h2-7,10H,8-9H2,1H3,(H,21,24)(H,22,23,25). The van der Waals surface area contributed by atoms with Crippen molar-refractivity contribution in [3.05, 3.63) is 64.5 Å². The highest BCUT2D eigenvalue weighted by Gasteiger charge is 2.09. The Labute approximate surface area is 148 Å². The van der Waals surface area contributed by atoms with E-state index in [1.807, 2.05) is 6.07 Å². The van der Waals surface area contributed by atoms with Crippen molar-refractivity contribution in [3.8, 4) is 0 Å². The largest absolute Gasteiger partial charge is 0.441 e. The number of aromatic nitrogens is 3. The van der Waals surface area contributed by atoms with Crippen LogP contribution < -0.4 is 10.9 Å². The van der Waals surface area contributed by atoms with E-state index in [9.17, 15) is 9.59 Å². The van der Waals surface area contributed by atoms with Crippen LogP contribution in [0.1, 0.15) is 18.1 Å². The summed E-state index contributed by atoms with van der Waals surface area (Å²) in [7, 11) is 0. The number of carbonyl (C=O) groups excluding carboxylic acids is 1. The van der Waals surface area contributed by atoms with E-state index in [-0.39, 0.29) is 17.9 Å². The number of benzene rings is 2. The maximum absolute atomic E-state index is 12.2. The molecule has 2 aromatic heterocycles. The van der Waals surface area contributed by atoms with Crippen LogP contribution in [-0.4, -0.2) is 20.9 Å². The number of rotatable bonds is 4. The number of anilines is 1. The Balaban J connectivity index is 1.45. The highest BCUT2D eigenvalue weighted by Crippen LogP contribution is 2.20. The zero-order chi connectivity index (χ0) is 18.1. The van der Waals surface area contributed by atoms with Crippen LogP contribution in [0.15, 0.2) is 51.7 Å². The van der Waals surface area contributed by atoms with Crippen molar-refractivity contribution in [1.82, 2.24) is 15.0 Å². The van der Waals surface area contributed by atoms with E-state index in [0.717, 1.165) is 5.52 Å². The SMILES string of the molecule is Cc1nc2ccc(NC(=O)CCc3nc4ccccc4c(=O)[nH]3)cc2o1. The van der Waals surface area contributed by atoms with Gasteiger partial charge in [0.25, 0.3) is 5.56 Å². The number of aryl methyl sites for hydroxylation is 2. The minimum Gasteiger partial charge on any atom is -0.441 e. The number of nitrogens with one attached hydrogen (secondary N) is 2. The van der Waals surface area contributed by atoms with Crippen molar-refractivity contribution in [1.29, 1.82) is 0 Å². The average molecular weight is 348 g/mol. The summed E-state index contributed by atoms with van der Waals surface area (Å²) >= 11 is 0. The zero-order valence-electron chi connectivity index (χ0n) is 14.1. The Morgan fingerprint density at radius 1 is 1.15 bits per heavy atom. The van der Waals surface area contributed by atoms with Gasteiger partial charge in [0.05, 0.1) is 10.9 Å². The summed E-state index contributed by atoms with van der Waals surface area (Å²) in [6.07, 6.45) is 0.546. The fraction of sp³-hybridized carbons (Fsp3) is 0.158. The molecular weight excluding hydrogens is 332 g/mol. The second-order valence-corrected chi connectivity index (χ2v) is 5.99. The van der Waals surface area contributed by atoms with Crippen molar-refractivity contribution in [2.45, 2.75) is 19.8 Å². The maximum atomic E-state index is 12.2. The smallest absolute Gasteiger partial charge is 0.258 e. The number of H-pyrrole nitrogens is 1. The molecular formula is C19H16N4O3. The van der Waals surface area contributed by atoms with Gasteiger partial charge in [0, 0.05) is 31.5 Å². The molecule has 7 nitrogen and oxygen atoms in total. The fourth-order valence-corrected chi connectivity index (χ4v) is 2.83. The van der Waals surface area contributed by atoms with Crippen molar-refractivity contribution in [2.24, 2.45) is 0 Å². The number of amides is 1. The second-order valence-electron chi connectivity index (χ2n) is 5.99.